The molecule has 2 aromatic carbocycles. The first-order valence-electron chi connectivity index (χ1n) is 9.38. The molecule has 1 fully saturated rings. The molecular weight excluding hydrogens is 390 g/mol. The summed E-state index contributed by atoms with van der Waals surface area (Å²) in [5, 5.41) is 16.3. The molecule has 29 heavy (non-hydrogen) atoms. The van der Waals surface area contributed by atoms with E-state index in [9.17, 15) is 10.1 Å². The first-order chi connectivity index (χ1) is 14.0. The van der Waals surface area contributed by atoms with Gasteiger partial charge in [0.15, 0.2) is 0 Å². The van der Waals surface area contributed by atoms with E-state index >= 15 is 0 Å². The number of hydrazone groups is 1. The Morgan fingerprint density at radius 3 is 2.72 bits per heavy atom. The highest BCUT2D eigenvalue weighted by Gasteiger charge is 2.49. The van der Waals surface area contributed by atoms with Crippen LogP contribution in [0, 0.1) is 18.3 Å². The predicted octanol–water partition coefficient (Wildman–Crippen LogP) is 3.55. The van der Waals surface area contributed by atoms with Crippen LogP contribution in [0.4, 0.5) is 0 Å². The van der Waals surface area contributed by atoms with Crippen LogP contribution in [-0.2, 0) is 9.47 Å². The van der Waals surface area contributed by atoms with Crippen LogP contribution in [-0.4, -0.2) is 48.6 Å². The van der Waals surface area contributed by atoms with Crippen molar-refractivity contribution >= 4 is 23.3 Å². The standard InChI is InChI=1S/C22H20ClN3O3/c1-13-16(9-8-15(12-24)18(13)23)19-21(28-2)20-17(10-11-26(20)25-19)29-22(27)14-6-4-3-5-7-14/h3-9,17,20-21H,10-11H2,1-2H3/t17-,20+,21-/m1/s1. The van der Waals surface area contributed by atoms with Gasteiger partial charge in [0.05, 0.1) is 21.9 Å². The van der Waals surface area contributed by atoms with Gasteiger partial charge in [0.1, 0.15) is 24.3 Å². The molecule has 0 aliphatic carbocycles. The fourth-order valence-electron chi connectivity index (χ4n) is 4.01. The highest BCUT2D eigenvalue weighted by Crippen LogP contribution is 2.35. The third kappa shape index (κ3) is 3.37. The molecule has 0 aromatic heterocycles. The van der Waals surface area contributed by atoms with E-state index in [1.54, 1.807) is 25.3 Å². The number of rotatable bonds is 4. The topological polar surface area (TPSA) is 74.9 Å². The van der Waals surface area contributed by atoms with Crippen molar-refractivity contribution in [1.29, 1.82) is 5.26 Å². The third-order valence-corrected chi connectivity index (χ3v) is 5.98. The molecule has 0 bridgehead atoms. The molecule has 0 spiro atoms. The minimum atomic E-state index is -0.367. The van der Waals surface area contributed by atoms with E-state index in [-0.39, 0.29) is 24.2 Å². The van der Waals surface area contributed by atoms with E-state index in [1.807, 2.05) is 36.2 Å². The number of halogens is 1. The maximum atomic E-state index is 12.5. The number of fused-ring (bicyclic) bond motifs is 1. The molecule has 0 amide bonds. The average molecular weight is 410 g/mol. The summed E-state index contributed by atoms with van der Waals surface area (Å²) in [7, 11) is 1.62. The molecule has 2 heterocycles. The highest BCUT2D eigenvalue weighted by molar-refractivity contribution is 6.33. The molecule has 2 aliphatic heterocycles. The van der Waals surface area contributed by atoms with Crippen LogP contribution in [0.1, 0.15) is 33.5 Å². The second kappa shape index (κ2) is 7.86. The number of methoxy groups -OCH3 is 1. The Morgan fingerprint density at radius 1 is 1.28 bits per heavy atom. The fourth-order valence-corrected chi connectivity index (χ4v) is 4.22. The Labute approximate surface area is 174 Å². The summed E-state index contributed by atoms with van der Waals surface area (Å²) in [4.78, 5) is 12.5. The zero-order valence-electron chi connectivity index (χ0n) is 16.1. The Kier molecular flexibility index (Phi) is 5.27. The second-order valence-corrected chi connectivity index (χ2v) is 7.48. The van der Waals surface area contributed by atoms with Crippen LogP contribution < -0.4 is 0 Å². The van der Waals surface area contributed by atoms with Crippen LogP contribution in [0.3, 0.4) is 0 Å². The number of carbonyl (C=O) groups is 1. The number of esters is 1. The van der Waals surface area contributed by atoms with E-state index in [0.717, 1.165) is 16.8 Å². The summed E-state index contributed by atoms with van der Waals surface area (Å²) < 4.78 is 11.6. The van der Waals surface area contributed by atoms with Gasteiger partial charge in [-0.25, -0.2) is 4.79 Å². The monoisotopic (exact) mass is 409 g/mol. The number of nitrogens with zero attached hydrogens (tertiary/aromatic N) is 3. The van der Waals surface area contributed by atoms with Gasteiger partial charge >= 0.3 is 5.97 Å². The summed E-state index contributed by atoms with van der Waals surface area (Å²) in [5.74, 6) is -0.349. The van der Waals surface area contributed by atoms with Crippen LogP contribution in [0.25, 0.3) is 0 Å². The summed E-state index contributed by atoms with van der Waals surface area (Å²) in [5.41, 5.74) is 3.31. The lowest BCUT2D eigenvalue weighted by atomic mass is 9.94. The van der Waals surface area contributed by atoms with E-state index < -0.39 is 0 Å². The summed E-state index contributed by atoms with van der Waals surface area (Å²) in [6, 6.07) is 14.4. The summed E-state index contributed by atoms with van der Waals surface area (Å²) in [6.07, 6.45) is -0.00988. The van der Waals surface area contributed by atoms with Crippen LogP contribution in [0.2, 0.25) is 5.02 Å². The zero-order valence-corrected chi connectivity index (χ0v) is 16.9. The van der Waals surface area contributed by atoms with Crippen molar-refractivity contribution in [2.24, 2.45) is 5.10 Å². The summed E-state index contributed by atoms with van der Waals surface area (Å²) >= 11 is 6.35. The van der Waals surface area contributed by atoms with Gasteiger partial charge in [-0.3, -0.25) is 5.01 Å². The first kappa shape index (κ1) is 19.4. The van der Waals surface area contributed by atoms with Gasteiger partial charge in [-0.15, -0.1) is 0 Å². The Morgan fingerprint density at radius 2 is 2.03 bits per heavy atom. The number of carbonyl (C=O) groups excluding carboxylic acids is 1. The number of ether oxygens (including phenoxy) is 2. The lowest BCUT2D eigenvalue weighted by Crippen LogP contribution is -2.43. The van der Waals surface area contributed by atoms with Crippen molar-refractivity contribution in [3.63, 3.8) is 0 Å². The van der Waals surface area contributed by atoms with Crippen LogP contribution in [0.5, 0.6) is 0 Å². The predicted molar refractivity (Wildman–Crippen MR) is 109 cm³/mol. The van der Waals surface area contributed by atoms with Gasteiger partial charge in [-0.1, -0.05) is 35.9 Å². The zero-order chi connectivity index (χ0) is 20.5. The van der Waals surface area contributed by atoms with E-state index in [0.29, 0.717) is 29.1 Å². The lowest BCUT2D eigenvalue weighted by molar-refractivity contribution is 0.00101. The van der Waals surface area contributed by atoms with Crippen LogP contribution in [0.15, 0.2) is 47.6 Å². The van der Waals surface area contributed by atoms with E-state index in [1.165, 1.54) is 0 Å². The molecule has 2 aliphatic rings. The maximum Gasteiger partial charge on any atom is 0.338 e. The summed E-state index contributed by atoms with van der Waals surface area (Å²) in [6.45, 7) is 2.54. The molecular formula is C22H20ClN3O3. The number of hydrogen-bond acceptors (Lipinski definition) is 6. The van der Waals surface area contributed by atoms with Gasteiger partial charge < -0.3 is 9.47 Å². The molecule has 4 rings (SSSR count). The Bertz CT molecular complexity index is 1020. The molecule has 6 nitrogen and oxygen atoms in total. The molecule has 148 valence electrons. The van der Waals surface area contributed by atoms with Crippen molar-refractivity contribution in [3.8, 4) is 6.07 Å². The normalized spacial score (nSPS) is 22.8. The molecule has 2 aromatic rings. The first-order valence-corrected chi connectivity index (χ1v) is 9.76. The van der Waals surface area contributed by atoms with Gasteiger partial charge in [-0.2, -0.15) is 10.4 Å². The highest BCUT2D eigenvalue weighted by atomic mass is 35.5. The average Bonchev–Trinajstić information content (AvgIpc) is 3.30. The van der Waals surface area contributed by atoms with Crippen molar-refractivity contribution in [3.05, 3.63) is 69.7 Å². The van der Waals surface area contributed by atoms with Gasteiger partial charge in [0.2, 0.25) is 0 Å². The van der Waals surface area contributed by atoms with Crippen molar-refractivity contribution in [2.75, 3.05) is 13.7 Å². The quantitative estimate of drug-likeness (QED) is 0.722. The van der Waals surface area contributed by atoms with Gasteiger partial charge in [0.25, 0.3) is 0 Å². The molecule has 7 heteroatoms. The number of hydrogen-bond donors (Lipinski definition) is 0. The SMILES string of the molecule is CO[C@@H]1C(c2ccc(C#N)c(Cl)c2C)=NN2CC[C@@H](OC(=O)c3ccccc3)[C@@H]12. The number of benzene rings is 2. The molecule has 3 atom stereocenters. The number of nitriles is 1. The second-order valence-electron chi connectivity index (χ2n) is 7.11. The van der Waals surface area contributed by atoms with Crippen LogP contribution >= 0.6 is 11.6 Å². The molecule has 1 saturated heterocycles. The van der Waals surface area contributed by atoms with Crippen molar-refractivity contribution in [2.45, 2.75) is 31.6 Å². The third-order valence-electron chi connectivity index (χ3n) is 5.49. The molecule has 0 unspecified atom stereocenters. The molecule has 0 radical (unpaired) electrons. The Hall–Kier alpha value is -2.88. The minimum Gasteiger partial charge on any atom is -0.456 e. The smallest absolute Gasteiger partial charge is 0.338 e. The molecule has 0 saturated carbocycles. The van der Waals surface area contributed by atoms with E-state index in [2.05, 4.69) is 6.07 Å². The Balaban J connectivity index is 1.60. The fraction of sp³-hybridized carbons (Fsp3) is 0.318. The van der Waals surface area contributed by atoms with Gasteiger partial charge in [-0.05, 0) is 30.7 Å². The van der Waals surface area contributed by atoms with Crippen molar-refractivity contribution in [1.82, 2.24) is 5.01 Å². The van der Waals surface area contributed by atoms with E-state index in [4.69, 9.17) is 26.2 Å². The maximum absolute atomic E-state index is 12.5. The minimum absolute atomic E-state index is 0.198. The lowest BCUT2D eigenvalue weighted by Gasteiger charge is -2.25. The van der Waals surface area contributed by atoms with Gasteiger partial charge in [0, 0.05) is 25.6 Å². The molecule has 0 N–H and O–H groups in total. The van der Waals surface area contributed by atoms with Crippen molar-refractivity contribution < 1.29 is 14.3 Å². The largest absolute Gasteiger partial charge is 0.456 e.